The predicted molar refractivity (Wildman–Crippen MR) is 82.9 cm³/mol. The third-order valence-electron chi connectivity index (χ3n) is 3.45. The molecule has 1 amide bonds. The molecule has 0 aromatic carbocycles. The van der Waals surface area contributed by atoms with E-state index in [9.17, 15) is 4.79 Å². The molecule has 3 rings (SSSR count). The highest BCUT2D eigenvalue weighted by atomic mass is 35.5. The minimum absolute atomic E-state index is 0.276. The maximum absolute atomic E-state index is 12.3. The van der Waals surface area contributed by atoms with Crippen molar-refractivity contribution in [2.24, 2.45) is 0 Å². The van der Waals surface area contributed by atoms with Gasteiger partial charge in [0.25, 0.3) is 5.91 Å². The van der Waals surface area contributed by atoms with Crippen LogP contribution >= 0.6 is 11.6 Å². The Labute approximate surface area is 128 Å². The number of rotatable bonds is 3. The molecule has 0 radical (unpaired) electrons. The van der Waals surface area contributed by atoms with Crippen molar-refractivity contribution in [1.82, 2.24) is 9.97 Å². The number of nitrogens with zero attached hydrogens (tertiary/aromatic N) is 3. The molecular weight excluding hydrogens is 288 g/mol. The Bertz CT molecular complexity index is 656. The van der Waals surface area contributed by atoms with Crippen molar-refractivity contribution in [3.63, 3.8) is 0 Å². The maximum atomic E-state index is 12.3. The van der Waals surface area contributed by atoms with Crippen LogP contribution in [-0.2, 0) is 0 Å². The molecule has 1 saturated heterocycles. The molecular formula is C15H15ClN4O. The van der Waals surface area contributed by atoms with Gasteiger partial charge in [0.15, 0.2) is 5.82 Å². The Morgan fingerprint density at radius 3 is 2.81 bits per heavy atom. The Hall–Kier alpha value is -2.14. The summed E-state index contributed by atoms with van der Waals surface area (Å²) in [7, 11) is 0. The third kappa shape index (κ3) is 2.97. The van der Waals surface area contributed by atoms with Gasteiger partial charge >= 0.3 is 0 Å². The van der Waals surface area contributed by atoms with Crippen LogP contribution < -0.4 is 10.2 Å². The van der Waals surface area contributed by atoms with Gasteiger partial charge in [0.1, 0.15) is 0 Å². The molecule has 1 N–H and O–H groups in total. The Balaban J connectivity index is 1.85. The van der Waals surface area contributed by atoms with Crippen LogP contribution in [-0.4, -0.2) is 29.0 Å². The summed E-state index contributed by atoms with van der Waals surface area (Å²) in [6.07, 6.45) is 7.06. The van der Waals surface area contributed by atoms with Crippen molar-refractivity contribution >= 4 is 29.0 Å². The average molecular weight is 303 g/mol. The quantitative estimate of drug-likeness (QED) is 0.947. The highest BCUT2D eigenvalue weighted by molar-refractivity contribution is 6.34. The number of nitrogens with one attached hydrogen (secondary N) is 1. The van der Waals surface area contributed by atoms with Gasteiger partial charge in [-0.2, -0.15) is 0 Å². The Morgan fingerprint density at radius 1 is 1.24 bits per heavy atom. The number of hydrogen-bond acceptors (Lipinski definition) is 4. The number of halogens is 1. The number of hydrogen-bond donors (Lipinski definition) is 1. The summed E-state index contributed by atoms with van der Waals surface area (Å²) in [5, 5.41) is 3.26. The van der Waals surface area contributed by atoms with Crippen molar-refractivity contribution in [3.8, 4) is 0 Å². The van der Waals surface area contributed by atoms with Crippen molar-refractivity contribution in [2.75, 3.05) is 23.3 Å². The van der Waals surface area contributed by atoms with E-state index >= 15 is 0 Å². The van der Waals surface area contributed by atoms with E-state index in [1.54, 1.807) is 24.5 Å². The molecule has 0 aliphatic carbocycles. The van der Waals surface area contributed by atoms with Crippen molar-refractivity contribution in [2.45, 2.75) is 12.8 Å². The van der Waals surface area contributed by atoms with Gasteiger partial charge < -0.3 is 10.2 Å². The molecule has 2 aromatic heterocycles. The summed E-state index contributed by atoms with van der Waals surface area (Å²) >= 11 is 6.03. The molecule has 5 nitrogen and oxygen atoms in total. The monoisotopic (exact) mass is 302 g/mol. The van der Waals surface area contributed by atoms with Crippen molar-refractivity contribution in [1.29, 1.82) is 0 Å². The van der Waals surface area contributed by atoms with Gasteiger partial charge in [-0.3, -0.25) is 9.78 Å². The number of carbonyl (C=O) groups excluding carboxylic acids is 1. The molecule has 1 aliphatic heterocycles. The molecule has 21 heavy (non-hydrogen) atoms. The molecule has 108 valence electrons. The number of anilines is 2. The first kappa shape index (κ1) is 13.8. The molecule has 0 spiro atoms. The zero-order valence-corrected chi connectivity index (χ0v) is 12.2. The van der Waals surface area contributed by atoms with E-state index in [-0.39, 0.29) is 5.91 Å². The second kappa shape index (κ2) is 6.10. The summed E-state index contributed by atoms with van der Waals surface area (Å²) in [4.78, 5) is 22.8. The molecule has 6 heteroatoms. The fraction of sp³-hybridized carbons (Fsp3) is 0.267. The summed E-state index contributed by atoms with van der Waals surface area (Å²) in [5.74, 6) is 0.532. The van der Waals surface area contributed by atoms with Crippen molar-refractivity contribution < 1.29 is 4.79 Å². The van der Waals surface area contributed by atoms with Gasteiger partial charge in [0.05, 0.1) is 16.3 Å². The van der Waals surface area contributed by atoms with Crippen LogP contribution in [0.15, 0.2) is 36.8 Å². The van der Waals surface area contributed by atoms with Crippen LogP contribution in [0, 0.1) is 0 Å². The molecule has 2 aromatic rings. The molecule has 1 fully saturated rings. The zero-order chi connectivity index (χ0) is 14.7. The summed E-state index contributed by atoms with van der Waals surface area (Å²) in [6, 6.07) is 5.25. The van der Waals surface area contributed by atoms with E-state index in [1.807, 2.05) is 6.07 Å². The number of aromatic nitrogens is 2. The maximum Gasteiger partial charge on any atom is 0.258 e. The van der Waals surface area contributed by atoms with Gasteiger partial charge in [0, 0.05) is 31.7 Å². The zero-order valence-electron chi connectivity index (χ0n) is 11.4. The van der Waals surface area contributed by atoms with Gasteiger partial charge in [-0.25, -0.2) is 4.98 Å². The van der Waals surface area contributed by atoms with E-state index in [2.05, 4.69) is 20.2 Å². The second-order valence-electron chi connectivity index (χ2n) is 4.88. The van der Waals surface area contributed by atoms with E-state index in [0.717, 1.165) is 31.7 Å². The molecule has 1 aliphatic rings. The van der Waals surface area contributed by atoms with Crippen LogP contribution in [0.1, 0.15) is 23.2 Å². The van der Waals surface area contributed by atoms with Crippen LogP contribution in [0.25, 0.3) is 0 Å². The molecule has 3 heterocycles. The summed E-state index contributed by atoms with van der Waals surface area (Å²) in [6.45, 7) is 1.93. The standard InChI is InChI=1S/C15H15ClN4O/c16-12-5-7-17-10-11(12)15(21)19-13-4-3-6-18-14(13)20-8-1-2-9-20/h3-7,10H,1-2,8-9H2,(H,19,21). The highest BCUT2D eigenvalue weighted by Crippen LogP contribution is 2.27. The lowest BCUT2D eigenvalue weighted by atomic mass is 10.2. The van der Waals surface area contributed by atoms with E-state index in [0.29, 0.717) is 16.3 Å². The lowest BCUT2D eigenvalue weighted by Gasteiger charge is -2.20. The highest BCUT2D eigenvalue weighted by Gasteiger charge is 2.19. The molecule has 0 atom stereocenters. The molecule has 0 bridgehead atoms. The molecule has 0 saturated carbocycles. The smallest absolute Gasteiger partial charge is 0.258 e. The number of carbonyl (C=O) groups is 1. The summed E-state index contributed by atoms with van der Waals surface area (Å²) in [5.41, 5.74) is 1.06. The van der Waals surface area contributed by atoms with Crippen LogP contribution in [0.5, 0.6) is 0 Å². The predicted octanol–water partition coefficient (Wildman–Crippen LogP) is 2.98. The minimum Gasteiger partial charge on any atom is -0.355 e. The van der Waals surface area contributed by atoms with Crippen molar-refractivity contribution in [3.05, 3.63) is 47.4 Å². The third-order valence-corrected chi connectivity index (χ3v) is 3.78. The van der Waals surface area contributed by atoms with E-state index in [1.165, 1.54) is 6.20 Å². The topological polar surface area (TPSA) is 58.1 Å². The van der Waals surface area contributed by atoms with E-state index < -0.39 is 0 Å². The lowest BCUT2D eigenvalue weighted by molar-refractivity contribution is 0.102. The first-order valence-corrected chi connectivity index (χ1v) is 7.24. The SMILES string of the molecule is O=C(Nc1cccnc1N1CCCC1)c1cnccc1Cl. The van der Waals surface area contributed by atoms with Crippen LogP contribution in [0.3, 0.4) is 0 Å². The van der Waals surface area contributed by atoms with Gasteiger partial charge in [-0.1, -0.05) is 11.6 Å². The minimum atomic E-state index is -0.276. The Kier molecular flexibility index (Phi) is 4.01. The normalized spacial score (nSPS) is 14.2. The Morgan fingerprint density at radius 2 is 2.05 bits per heavy atom. The van der Waals surface area contributed by atoms with E-state index in [4.69, 9.17) is 11.6 Å². The van der Waals surface area contributed by atoms with Gasteiger partial charge in [-0.15, -0.1) is 0 Å². The largest absolute Gasteiger partial charge is 0.355 e. The van der Waals surface area contributed by atoms with Gasteiger partial charge in [0.2, 0.25) is 0 Å². The van der Waals surface area contributed by atoms with Gasteiger partial charge in [-0.05, 0) is 31.0 Å². The average Bonchev–Trinajstić information content (AvgIpc) is 3.02. The number of amides is 1. The first-order valence-electron chi connectivity index (χ1n) is 6.86. The first-order chi connectivity index (χ1) is 10.3. The fourth-order valence-electron chi connectivity index (χ4n) is 2.41. The second-order valence-corrected chi connectivity index (χ2v) is 5.29. The molecule has 0 unspecified atom stereocenters. The van der Waals surface area contributed by atoms with Crippen LogP contribution in [0.4, 0.5) is 11.5 Å². The fourth-order valence-corrected chi connectivity index (χ4v) is 2.60. The summed E-state index contributed by atoms with van der Waals surface area (Å²) < 4.78 is 0. The lowest BCUT2D eigenvalue weighted by Crippen LogP contribution is -2.22. The number of pyridine rings is 2. The van der Waals surface area contributed by atoms with Crippen LogP contribution in [0.2, 0.25) is 5.02 Å².